The van der Waals surface area contributed by atoms with Crippen molar-refractivity contribution in [3.8, 4) is 22.8 Å². The summed E-state index contributed by atoms with van der Waals surface area (Å²) < 4.78 is 12.7. The van der Waals surface area contributed by atoms with Crippen LogP contribution < -0.4 is 14.8 Å². The molecule has 146 valence electrons. The Bertz CT molecular complexity index is 1170. The fraction of sp³-hybridized carbons (Fsp3) is 0.130. The van der Waals surface area contributed by atoms with E-state index in [-0.39, 0.29) is 5.91 Å². The molecule has 0 fully saturated rings. The zero-order valence-electron chi connectivity index (χ0n) is 16.5. The van der Waals surface area contributed by atoms with Gasteiger partial charge in [0.15, 0.2) is 0 Å². The molecule has 0 atom stereocenters. The fourth-order valence-corrected chi connectivity index (χ4v) is 3.36. The number of fused-ring (bicyclic) bond motifs is 1. The molecule has 0 radical (unpaired) electrons. The second kappa shape index (κ2) is 7.67. The molecular weight excluding hydrogens is 366 g/mol. The van der Waals surface area contributed by atoms with Crippen molar-refractivity contribution >= 4 is 17.2 Å². The first-order chi connectivity index (χ1) is 14.1. The molecule has 1 N–H and O–H groups in total. The minimum absolute atomic E-state index is 0.313. The molecule has 0 spiro atoms. The van der Waals surface area contributed by atoms with Crippen molar-refractivity contribution in [2.45, 2.75) is 6.92 Å². The number of aryl methyl sites for hydroxylation is 1. The van der Waals surface area contributed by atoms with Gasteiger partial charge in [0, 0.05) is 18.0 Å². The number of hydrogen-bond acceptors (Lipinski definition) is 4. The number of benzene rings is 2. The van der Waals surface area contributed by atoms with Crippen molar-refractivity contribution in [2.24, 2.45) is 0 Å². The predicted molar refractivity (Wildman–Crippen MR) is 113 cm³/mol. The van der Waals surface area contributed by atoms with Gasteiger partial charge in [0.25, 0.3) is 5.91 Å². The Morgan fingerprint density at radius 1 is 0.966 bits per heavy atom. The molecule has 0 unspecified atom stereocenters. The van der Waals surface area contributed by atoms with E-state index in [1.165, 1.54) is 14.2 Å². The number of amides is 1. The molecule has 0 aliphatic carbocycles. The van der Waals surface area contributed by atoms with Crippen molar-refractivity contribution < 1.29 is 14.3 Å². The van der Waals surface area contributed by atoms with Gasteiger partial charge in [-0.1, -0.05) is 30.3 Å². The van der Waals surface area contributed by atoms with Gasteiger partial charge in [-0.25, -0.2) is 4.98 Å². The molecule has 4 rings (SSSR count). The van der Waals surface area contributed by atoms with Crippen LogP contribution in [-0.2, 0) is 0 Å². The average Bonchev–Trinajstić information content (AvgIpc) is 3.19. The van der Waals surface area contributed by atoms with E-state index < -0.39 is 0 Å². The largest absolute Gasteiger partial charge is 0.496 e. The summed E-state index contributed by atoms with van der Waals surface area (Å²) >= 11 is 0. The SMILES string of the molecule is COc1cccc(OC)c1C(=O)Nc1ccccc1-c1cn2cccc(C)c2n1. The fourth-order valence-electron chi connectivity index (χ4n) is 3.36. The predicted octanol–water partition coefficient (Wildman–Crippen LogP) is 4.58. The van der Waals surface area contributed by atoms with E-state index in [2.05, 4.69) is 5.32 Å². The second-order valence-electron chi connectivity index (χ2n) is 6.59. The molecule has 2 aromatic heterocycles. The third kappa shape index (κ3) is 3.40. The number of nitrogens with zero attached hydrogens (tertiary/aromatic N) is 2. The minimum atomic E-state index is -0.313. The first kappa shape index (κ1) is 18.6. The van der Waals surface area contributed by atoms with Gasteiger partial charge in [-0.05, 0) is 36.8 Å². The number of aromatic nitrogens is 2. The normalized spacial score (nSPS) is 10.7. The zero-order valence-corrected chi connectivity index (χ0v) is 16.5. The quantitative estimate of drug-likeness (QED) is 0.544. The van der Waals surface area contributed by atoms with E-state index in [9.17, 15) is 4.79 Å². The lowest BCUT2D eigenvalue weighted by atomic mass is 10.1. The summed E-state index contributed by atoms with van der Waals surface area (Å²) in [5.41, 5.74) is 4.58. The Labute approximate surface area is 168 Å². The summed E-state index contributed by atoms with van der Waals surface area (Å²) in [5.74, 6) is 0.581. The number of ether oxygens (including phenoxy) is 2. The molecular formula is C23H21N3O3. The van der Waals surface area contributed by atoms with E-state index in [4.69, 9.17) is 14.5 Å². The average molecular weight is 387 g/mol. The van der Waals surface area contributed by atoms with Gasteiger partial charge < -0.3 is 19.2 Å². The Balaban J connectivity index is 1.75. The Morgan fingerprint density at radius 2 is 1.69 bits per heavy atom. The monoisotopic (exact) mass is 387 g/mol. The summed E-state index contributed by atoms with van der Waals surface area (Å²) in [7, 11) is 3.05. The maximum atomic E-state index is 13.1. The molecule has 6 heteroatoms. The van der Waals surface area contributed by atoms with Crippen molar-refractivity contribution in [2.75, 3.05) is 19.5 Å². The lowest BCUT2D eigenvalue weighted by molar-refractivity contribution is 0.102. The molecule has 29 heavy (non-hydrogen) atoms. The topological polar surface area (TPSA) is 64.9 Å². The van der Waals surface area contributed by atoms with Gasteiger partial charge >= 0.3 is 0 Å². The smallest absolute Gasteiger partial charge is 0.263 e. The minimum Gasteiger partial charge on any atom is -0.496 e. The maximum Gasteiger partial charge on any atom is 0.263 e. The molecule has 2 heterocycles. The molecule has 0 aliphatic rings. The number of hydrogen-bond donors (Lipinski definition) is 1. The number of pyridine rings is 1. The molecule has 4 aromatic rings. The summed E-state index contributed by atoms with van der Waals surface area (Å²) in [4.78, 5) is 17.8. The highest BCUT2D eigenvalue weighted by Gasteiger charge is 2.20. The maximum absolute atomic E-state index is 13.1. The first-order valence-corrected chi connectivity index (χ1v) is 9.18. The highest BCUT2D eigenvalue weighted by molar-refractivity contribution is 6.09. The van der Waals surface area contributed by atoms with Gasteiger partial charge in [0.05, 0.1) is 25.6 Å². The number of rotatable bonds is 5. The highest BCUT2D eigenvalue weighted by Crippen LogP contribution is 2.32. The summed E-state index contributed by atoms with van der Waals surface area (Å²) in [6.07, 6.45) is 3.91. The van der Waals surface area contributed by atoms with Crippen LogP contribution >= 0.6 is 0 Å². The van der Waals surface area contributed by atoms with E-state index in [0.717, 1.165) is 22.5 Å². The molecule has 0 saturated heterocycles. The molecule has 2 aromatic carbocycles. The third-order valence-corrected chi connectivity index (χ3v) is 4.78. The lowest BCUT2D eigenvalue weighted by Gasteiger charge is -2.14. The molecule has 0 bridgehead atoms. The molecule has 6 nitrogen and oxygen atoms in total. The van der Waals surface area contributed by atoms with Crippen LogP contribution in [0.5, 0.6) is 11.5 Å². The Kier molecular flexibility index (Phi) is 4.91. The van der Waals surface area contributed by atoms with Crippen LogP contribution in [0, 0.1) is 6.92 Å². The van der Waals surface area contributed by atoms with Crippen LogP contribution in [0.15, 0.2) is 67.0 Å². The van der Waals surface area contributed by atoms with E-state index in [1.807, 2.05) is 60.1 Å². The lowest BCUT2D eigenvalue weighted by Crippen LogP contribution is -2.15. The van der Waals surface area contributed by atoms with Gasteiger partial charge in [0.2, 0.25) is 0 Å². The summed E-state index contributed by atoms with van der Waals surface area (Å²) in [6.45, 7) is 2.02. The Morgan fingerprint density at radius 3 is 2.38 bits per heavy atom. The number of nitrogens with one attached hydrogen (secondary N) is 1. The van der Waals surface area contributed by atoms with E-state index >= 15 is 0 Å². The van der Waals surface area contributed by atoms with Gasteiger partial charge in [-0.3, -0.25) is 4.79 Å². The standard InChI is InChI=1S/C23H21N3O3/c1-15-8-7-13-26-14-18(24-22(15)26)16-9-4-5-10-17(16)25-23(27)21-19(28-2)11-6-12-20(21)29-3/h4-14H,1-3H3,(H,25,27). The number of para-hydroxylation sites is 1. The van der Waals surface area contributed by atoms with Crippen LogP contribution in [0.25, 0.3) is 16.9 Å². The number of carbonyl (C=O) groups excluding carboxylic acids is 1. The van der Waals surface area contributed by atoms with Gasteiger partial charge in [-0.2, -0.15) is 0 Å². The number of methoxy groups -OCH3 is 2. The Hall–Kier alpha value is -3.80. The highest BCUT2D eigenvalue weighted by atomic mass is 16.5. The van der Waals surface area contributed by atoms with E-state index in [0.29, 0.717) is 22.7 Å². The number of carbonyl (C=O) groups is 1. The molecule has 1 amide bonds. The van der Waals surface area contributed by atoms with Crippen LogP contribution in [0.3, 0.4) is 0 Å². The van der Waals surface area contributed by atoms with Crippen molar-refractivity contribution in [3.63, 3.8) is 0 Å². The van der Waals surface area contributed by atoms with Crippen LogP contribution in [0.1, 0.15) is 15.9 Å². The van der Waals surface area contributed by atoms with E-state index in [1.54, 1.807) is 18.2 Å². The molecule has 0 saturated carbocycles. The molecule has 0 aliphatic heterocycles. The third-order valence-electron chi connectivity index (χ3n) is 4.78. The summed E-state index contributed by atoms with van der Waals surface area (Å²) in [6, 6.07) is 16.8. The van der Waals surface area contributed by atoms with Gasteiger partial charge in [-0.15, -0.1) is 0 Å². The second-order valence-corrected chi connectivity index (χ2v) is 6.59. The van der Waals surface area contributed by atoms with Crippen LogP contribution in [0.2, 0.25) is 0 Å². The first-order valence-electron chi connectivity index (χ1n) is 9.18. The summed E-state index contributed by atoms with van der Waals surface area (Å²) in [5, 5.41) is 2.99. The van der Waals surface area contributed by atoms with Crippen LogP contribution in [-0.4, -0.2) is 29.5 Å². The van der Waals surface area contributed by atoms with Crippen molar-refractivity contribution in [1.29, 1.82) is 0 Å². The zero-order chi connectivity index (χ0) is 20.4. The number of imidazole rings is 1. The number of anilines is 1. The van der Waals surface area contributed by atoms with Crippen molar-refractivity contribution in [3.05, 3.63) is 78.1 Å². The van der Waals surface area contributed by atoms with Crippen molar-refractivity contribution in [1.82, 2.24) is 9.38 Å². The van der Waals surface area contributed by atoms with Crippen LogP contribution in [0.4, 0.5) is 5.69 Å². The van der Waals surface area contributed by atoms with Gasteiger partial charge in [0.1, 0.15) is 22.7 Å².